The quantitative estimate of drug-likeness (QED) is 0.520. The highest BCUT2D eigenvalue weighted by molar-refractivity contribution is 7.13. The van der Waals surface area contributed by atoms with Gasteiger partial charge in [0.2, 0.25) is 5.91 Å². The van der Waals surface area contributed by atoms with Crippen molar-refractivity contribution in [3.8, 4) is 22.1 Å². The molecule has 4 aromatic rings. The predicted octanol–water partition coefficient (Wildman–Crippen LogP) is 4.03. The summed E-state index contributed by atoms with van der Waals surface area (Å²) in [5.74, 6) is 0.764. The highest BCUT2D eigenvalue weighted by Gasteiger charge is 2.32. The number of aromatic nitrogens is 2. The smallest absolute Gasteiger partial charge is 0.266 e. The Balaban J connectivity index is 1.34. The fourth-order valence-corrected chi connectivity index (χ4v) is 4.43. The van der Waals surface area contributed by atoms with Crippen LogP contribution in [0.15, 0.2) is 83.0 Å². The van der Waals surface area contributed by atoms with Gasteiger partial charge in [0.15, 0.2) is 0 Å². The maximum atomic E-state index is 13.2. The van der Waals surface area contributed by atoms with E-state index in [0.29, 0.717) is 18.0 Å². The highest BCUT2D eigenvalue weighted by Crippen LogP contribution is 2.43. The van der Waals surface area contributed by atoms with Crippen molar-refractivity contribution >= 4 is 17.2 Å². The molecule has 2 aromatic carbocycles. The first-order valence-electron chi connectivity index (χ1n) is 9.96. The Bertz CT molecular complexity index is 1250. The Labute approximate surface area is 182 Å². The largest absolute Gasteiger partial charge is 0.457 e. The normalized spacial score (nSPS) is 12.5. The molecule has 0 unspecified atom stereocenters. The van der Waals surface area contributed by atoms with E-state index in [-0.39, 0.29) is 18.0 Å². The van der Waals surface area contributed by atoms with E-state index in [1.807, 2.05) is 66.0 Å². The van der Waals surface area contributed by atoms with Gasteiger partial charge in [-0.3, -0.25) is 9.59 Å². The molecule has 3 heterocycles. The van der Waals surface area contributed by atoms with E-state index in [2.05, 4.69) is 10.4 Å². The van der Waals surface area contributed by atoms with Crippen molar-refractivity contribution in [1.82, 2.24) is 15.1 Å². The van der Waals surface area contributed by atoms with E-state index < -0.39 is 5.92 Å². The molecule has 7 heteroatoms. The number of carbonyl (C=O) groups is 1. The van der Waals surface area contributed by atoms with Crippen molar-refractivity contribution in [2.75, 3.05) is 6.54 Å². The first-order valence-corrected chi connectivity index (χ1v) is 10.8. The number of benzene rings is 2. The van der Waals surface area contributed by atoms with Crippen molar-refractivity contribution in [2.24, 2.45) is 0 Å². The van der Waals surface area contributed by atoms with Crippen LogP contribution < -0.4 is 15.6 Å². The topological polar surface area (TPSA) is 73.2 Å². The lowest BCUT2D eigenvalue weighted by atomic mass is 9.87. The van der Waals surface area contributed by atoms with E-state index in [4.69, 9.17) is 4.74 Å². The zero-order valence-electron chi connectivity index (χ0n) is 16.5. The van der Waals surface area contributed by atoms with Crippen LogP contribution in [0.2, 0.25) is 0 Å². The third-order valence-corrected chi connectivity index (χ3v) is 6.10. The van der Waals surface area contributed by atoms with E-state index >= 15 is 0 Å². The van der Waals surface area contributed by atoms with E-state index in [1.165, 1.54) is 10.7 Å². The minimum atomic E-state index is -0.469. The number of carbonyl (C=O) groups excluding carboxylic acids is 1. The first-order chi connectivity index (χ1) is 15.2. The number of para-hydroxylation sites is 2. The summed E-state index contributed by atoms with van der Waals surface area (Å²) in [6.07, 6.45) is 0. The lowest BCUT2D eigenvalue weighted by Gasteiger charge is -2.27. The summed E-state index contributed by atoms with van der Waals surface area (Å²) >= 11 is 1.57. The maximum absolute atomic E-state index is 13.2. The molecule has 0 saturated carbocycles. The van der Waals surface area contributed by atoms with Gasteiger partial charge in [-0.2, -0.15) is 5.10 Å². The molecule has 2 aromatic heterocycles. The van der Waals surface area contributed by atoms with Crippen molar-refractivity contribution < 1.29 is 9.53 Å². The summed E-state index contributed by atoms with van der Waals surface area (Å²) in [5.41, 5.74) is 2.20. The standard InChI is InChI=1S/C24H19N3O3S/c28-22-12-11-18(21-10-5-15-31-21)26-27(22)14-13-25-24(29)23-16-6-1-3-8-19(16)30-20-9-4-2-7-17(20)23/h1-12,15,23H,13-14H2,(H,25,29). The molecule has 0 saturated heterocycles. The van der Waals surface area contributed by atoms with Crippen LogP contribution in [-0.4, -0.2) is 22.2 Å². The number of rotatable bonds is 5. The average Bonchev–Trinajstić information content (AvgIpc) is 3.33. The summed E-state index contributed by atoms with van der Waals surface area (Å²) in [6, 6.07) is 22.3. The van der Waals surface area contributed by atoms with Crippen LogP contribution in [0.4, 0.5) is 0 Å². The molecule has 0 bridgehead atoms. The van der Waals surface area contributed by atoms with Crippen molar-refractivity contribution in [2.45, 2.75) is 12.5 Å². The maximum Gasteiger partial charge on any atom is 0.266 e. The van der Waals surface area contributed by atoms with Gasteiger partial charge in [-0.15, -0.1) is 11.3 Å². The second-order valence-corrected chi connectivity index (χ2v) is 8.11. The van der Waals surface area contributed by atoms with Gasteiger partial charge >= 0.3 is 0 Å². The Morgan fingerprint density at radius 3 is 2.35 bits per heavy atom. The van der Waals surface area contributed by atoms with Crippen LogP contribution in [-0.2, 0) is 11.3 Å². The number of hydrogen-bond donors (Lipinski definition) is 1. The van der Waals surface area contributed by atoms with Crippen molar-refractivity contribution in [3.63, 3.8) is 0 Å². The monoisotopic (exact) mass is 429 g/mol. The second kappa shape index (κ2) is 8.20. The van der Waals surface area contributed by atoms with E-state index in [9.17, 15) is 9.59 Å². The zero-order valence-corrected chi connectivity index (χ0v) is 17.3. The van der Waals surface area contributed by atoms with Gasteiger partial charge in [-0.25, -0.2) is 4.68 Å². The van der Waals surface area contributed by atoms with Gasteiger partial charge in [-0.1, -0.05) is 42.5 Å². The molecule has 0 spiro atoms. The fraction of sp³-hybridized carbons (Fsp3) is 0.125. The number of fused-ring (bicyclic) bond motifs is 2. The molecule has 1 N–H and O–H groups in total. The molecular weight excluding hydrogens is 410 g/mol. The summed E-state index contributed by atoms with van der Waals surface area (Å²) in [7, 11) is 0. The van der Waals surface area contributed by atoms with Crippen LogP contribution in [0, 0.1) is 0 Å². The minimum Gasteiger partial charge on any atom is -0.457 e. The number of nitrogens with one attached hydrogen (secondary N) is 1. The van der Waals surface area contributed by atoms with Crippen LogP contribution in [0.1, 0.15) is 17.0 Å². The number of thiophene rings is 1. The molecule has 1 amide bonds. The van der Waals surface area contributed by atoms with Crippen LogP contribution >= 0.6 is 11.3 Å². The molecule has 0 radical (unpaired) electrons. The average molecular weight is 430 g/mol. The van der Waals surface area contributed by atoms with Gasteiger partial charge < -0.3 is 10.1 Å². The Hall–Kier alpha value is -3.71. The lowest BCUT2D eigenvalue weighted by Crippen LogP contribution is -2.35. The third-order valence-electron chi connectivity index (χ3n) is 5.21. The SMILES string of the molecule is O=C(NCCn1nc(-c2cccs2)ccc1=O)C1c2ccccc2Oc2ccccc21. The summed E-state index contributed by atoms with van der Waals surface area (Å²) in [6.45, 7) is 0.581. The van der Waals surface area contributed by atoms with Gasteiger partial charge in [0.1, 0.15) is 17.2 Å². The first kappa shape index (κ1) is 19.3. The van der Waals surface area contributed by atoms with E-state index in [0.717, 1.165) is 21.7 Å². The molecule has 1 aliphatic rings. The molecule has 31 heavy (non-hydrogen) atoms. The van der Waals surface area contributed by atoms with Crippen molar-refractivity contribution in [3.05, 3.63) is 99.7 Å². The molecule has 6 nitrogen and oxygen atoms in total. The molecule has 5 rings (SSSR count). The fourth-order valence-electron chi connectivity index (χ4n) is 3.74. The number of amides is 1. The Morgan fingerprint density at radius 2 is 1.68 bits per heavy atom. The predicted molar refractivity (Wildman–Crippen MR) is 120 cm³/mol. The third kappa shape index (κ3) is 3.75. The summed E-state index contributed by atoms with van der Waals surface area (Å²) in [4.78, 5) is 26.4. The van der Waals surface area contributed by atoms with Crippen molar-refractivity contribution in [1.29, 1.82) is 0 Å². The van der Waals surface area contributed by atoms with Crippen LogP contribution in [0.25, 0.3) is 10.6 Å². The second-order valence-electron chi connectivity index (χ2n) is 7.16. The zero-order chi connectivity index (χ0) is 21.2. The summed E-state index contributed by atoms with van der Waals surface area (Å²) < 4.78 is 7.35. The van der Waals surface area contributed by atoms with Gasteiger partial charge in [-0.05, 0) is 29.6 Å². The number of ether oxygens (including phenoxy) is 1. The number of hydrogen-bond acceptors (Lipinski definition) is 5. The molecular formula is C24H19N3O3S. The van der Waals surface area contributed by atoms with Gasteiger partial charge in [0.25, 0.3) is 5.56 Å². The van der Waals surface area contributed by atoms with Gasteiger partial charge in [0.05, 0.1) is 17.3 Å². The Morgan fingerprint density at radius 1 is 0.968 bits per heavy atom. The van der Waals surface area contributed by atoms with Crippen LogP contribution in [0.5, 0.6) is 11.5 Å². The molecule has 0 atom stereocenters. The lowest BCUT2D eigenvalue weighted by molar-refractivity contribution is -0.121. The summed E-state index contributed by atoms with van der Waals surface area (Å²) in [5, 5.41) is 9.38. The van der Waals surface area contributed by atoms with Gasteiger partial charge in [0, 0.05) is 23.7 Å². The van der Waals surface area contributed by atoms with Crippen LogP contribution in [0.3, 0.4) is 0 Å². The molecule has 154 valence electrons. The number of nitrogens with zero attached hydrogens (tertiary/aromatic N) is 2. The molecule has 0 fully saturated rings. The molecule has 1 aliphatic heterocycles. The highest BCUT2D eigenvalue weighted by atomic mass is 32.1. The minimum absolute atomic E-state index is 0.134. The molecule has 0 aliphatic carbocycles. The van der Waals surface area contributed by atoms with E-state index in [1.54, 1.807) is 17.4 Å². The Kier molecular flexibility index (Phi) is 5.09.